The monoisotopic (exact) mass is 198 g/mol. The molecule has 72 valence electrons. The third-order valence-electron chi connectivity index (χ3n) is 1.95. The van der Waals surface area contributed by atoms with Crippen LogP contribution in [0.25, 0.3) is 0 Å². The van der Waals surface area contributed by atoms with E-state index in [4.69, 9.17) is 0 Å². The van der Waals surface area contributed by atoms with Crippen molar-refractivity contribution in [3.05, 3.63) is 29.8 Å². The van der Waals surface area contributed by atoms with E-state index in [1.807, 2.05) is 26.0 Å². The van der Waals surface area contributed by atoms with Gasteiger partial charge in [0.2, 0.25) is 0 Å². The lowest BCUT2D eigenvalue weighted by molar-refractivity contribution is 0.600. The molecule has 0 spiro atoms. The fourth-order valence-corrected chi connectivity index (χ4v) is 2.93. The van der Waals surface area contributed by atoms with Gasteiger partial charge >= 0.3 is 0 Å². The molecule has 0 saturated heterocycles. The fraction of sp³-hybridized carbons (Fsp3) is 0.400. The summed E-state index contributed by atoms with van der Waals surface area (Å²) in [7, 11) is -2.91. The van der Waals surface area contributed by atoms with Gasteiger partial charge in [-0.15, -0.1) is 0 Å². The topological polar surface area (TPSA) is 34.1 Å². The van der Waals surface area contributed by atoms with Crippen molar-refractivity contribution < 1.29 is 8.42 Å². The molecule has 1 heterocycles. The molecule has 1 aliphatic heterocycles. The highest BCUT2D eigenvalue weighted by Crippen LogP contribution is 2.24. The van der Waals surface area contributed by atoms with Gasteiger partial charge in [-0.1, -0.05) is 32.0 Å². The molecule has 0 atom stereocenters. The highest BCUT2D eigenvalue weighted by Gasteiger charge is 2.24. The Morgan fingerprint density at radius 1 is 1.15 bits per heavy atom. The second kappa shape index (κ2) is 3.92. The van der Waals surface area contributed by atoms with Crippen molar-refractivity contribution in [1.82, 2.24) is 0 Å². The average molecular weight is 198 g/mol. The Kier molecular flexibility index (Phi) is 3.09. The van der Waals surface area contributed by atoms with E-state index in [2.05, 4.69) is 0 Å². The summed E-state index contributed by atoms with van der Waals surface area (Å²) in [6.45, 7) is 4.00. The smallest absolute Gasteiger partial charge is 0.178 e. The number of hydrogen-bond donors (Lipinski definition) is 0. The summed E-state index contributed by atoms with van der Waals surface area (Å²) in [5.41, 5.74) is 0.965. The number of aryl methyl sites for hydroxylation is 1. The summed E-state index contributed by atoms with van der Waals surface area (Å²) in [5.74, 6) is 0.284. The molecule has 2 rings (SSSR count). The maximum Gasteiger partial charge on any atom is 0.178 e. The van der Waals surface area contributed by atoms with E-state index in [0.717, 1.165) is 5.56 Å². The molecule has 1 aromatic carbocycles. The number of benzene rings is 1. The van der Waals surface area contributed by atoms with Crippen LogP contribution in [0.15, 0.2) is 29.2 Å². The second-order valence-corrected chi connectivity index (χ2v) is 4.75. The standard InChI is InChI=1S/C8H8O2S.C2H6/c9-11(10)6-5-7-3-1-2-4-8(7)11;1-2/h1-4H,5-6H2;1-2H3. The van der Waals surface area contributed by atoms with Crippen molar-refractivity contribution in [3.8, 4) is 0 Å². The first kappa shape index (κ1) is 10.3. The van der Waals surface area contributed by atoms with Gasteiger partial charge in [0.15, 0.2) is 9.84 Å². The molecule has 0 aromatic heterocycles. The first-order valence-electron chi connectivity index (χ1n) is 4.51. The molecule has 1 aliphatic rings. The predicted octanol–water partition coefficient (Wildman–Crippen LogP) is 2.04. The Balaban J connectivity index is 0.000000396. The molecule has 2 nitrogen and oxygen atoms in total. The summed E-state index contributed by atoms with van der Waals surface area (Å²) < 4.78 is 22.5. The molecule has 0 bridgehead atoms. The Morgan fingerprint density at radius 2 is 1.77 bits per heavy atom. The van der Waals surface area contributed by atoms with Crippen molar-refractivity contribution in [2.75, 3.05) is 5.75 Å². The third-order valence-corrected chi connectivity index (χ3v) is 3.76. The minimum atomic E-state index is -2.91. The molecule has 0 saturated carbocycles. The van der Waals surface area contributed by atoms with Crippen LogP contribution in [0.5, 0.6) is 0 Å². The SMILES string of the molecule is CC.O=S1(=O)CCc2ccccc21. The Hall–Kier alpha value is -0.830. The van der Waals surface area contributed by atoms with Crippen LogP contribution in [0.4, 0.5) is 0 Å². The van der Waals surface area contributed by atoms with Crippen molar-refractivity contribution in [1.29, 1.82) is 0 Å². The van der Waals surface area contributed by atoms with Crippen LogP contribution in [0.3, 0.4) is 0 Å². The molecule has 0 aliphatic carbocycles. The van der Waals surface area contributed by atoms with Crippen molar-refractivity contribution in [2.24, 2.45) is 0 Å². The zero-order valence-electron chi connectivity index (χ0n) is 7.95. The lowest BCUT2D eigenvalue weighted by Crippen LogP contribution is -1.97. The quantitative estimate of drug-likeness (QED) is 0.639. The van der Waals surface area contributed by atoms with Crippen LogP contribution in [0.2, 0.25) is 0 Å². The molecule has 0 radical (unpaired) electrons. The van der Waals surface area contributed by atoms with Gasteiger partial charge in [0.05, 0.1) is 10.6 Å². The zero-order chi connectivity index (χ0) is 9.90. The van der Waals surface area contributed by atoms with E-state index in [9.17, 15) is 8.42 Å². The summed E-state index contributed by atoms with van der Waals surface area (Å²) in [4.78, 5) is 0.528. The molecule has 1 aromatic rings. The molecule has 0 fully saturated rings. The first-order chi connectivity index (χ1) is 6.20. The molecule has 0 amide bonds. The van der Waals surface area contributed by atoms with E-state index in [0.29, 0.717) is 11.3 Å². The van der Waals surface area contributed by atoms with Gasteiger partial charge in [0.25, 0.3) is 0 Å². The Labute approximate surface area is 79.5 Å². The molecule has 13 heavy (non-hydrogen) atoms. The van der Waals surface area contributed by atoms with Crippen LogP contribution >= 0.6 is 0 Å². The fourth-order valence-electron chi connectivity index (χ4n) is 1.37. The lowest BCUT2D eigenvalue weighted by Gasteiger charge is -1.94. The molecule has 0 N–H and O–H groups in total. The largest absolute Gasteiger partial charge is 0.224 e. The third kappa shape index (κ3) is 1.91. The van der Waals surface area contributed by atoms with Gasteiger partial charge in [0, 0.05) is 0 Å². The minimum Gasteiger partial charge on any atom is -0.224 e. The number of rotatable bonds is 0. The van der Waals surface area contributed by atoms with Gasteiger partial charge in [-0.25, -0.2) is 8.42 Å². The van der Waals surface area contributed by atoms with Gasteiger partial charge in [-0.05, 0) is 18.1 Å². The van der Waals surface area contributed by atoms with Crippen LogP contribution in [0, 0.1) is 0 Å². The predicted molar refractivity (Wildman–Crippen MR) is 53.5 cm³/mol. The molecule has 3 heteroatoms. The number of sulfone groups is 1. The number of fused-ring (bicyclic) bond motifs is 1. The zero-order valence-corrected chi connectivity index (χ0v) is 8.76. The normalized spacial score (nSPS) is 17.1. The molecule has 0 unspecified atom stereocenters. The molecular formula is C10H14O2S. The molecular weight excluding hydrogens is 184 g/mol. The van der Waals surface area contributed by atoms with Crippen LogP contribution in [-0.4, -0.2) is 14.2 Å². The lowest BCUT2D eigenvalue weighted by atomic mass is 10.2. The van der Waals surface area contributed by atoms with E-state index < -0.39 is 9.84 Å². The van der Waals surface area contributed by atoms with E-state index in [1.165, 1.54) is 0 Å². The summed E-state index contributed by atoms with van der Waals surface area (Å²) in [6.07, 6.45) is 0.679. The van der Waals surface area contributed by atoms with Gasteiger partial charge in [-0.3, -0.25) is 0 Å². The maximum absolute atomic E-state index is 11.3. The van der Waals surface area contributed by atoms with Crippen LogP contribution in [0.1, 0.15) is 19.4 Å². The number of hydrogen-bond acceptors (Lipinski definition) is 2. The highest BCUT2D eigenvalue weighted by atomic mass is 32.2. The van der Waals surface area contributed by atoms with E-state index in [-0.39, 0.29) is 5.75 Å². The first-order valence-corrected chi connectivity index (χ1v) is 6.16. The Bertz CT molecular complexity index is 380. The van der Waals surface area contributed by atoms with Gasteiger partial charge in [-0.2, -0.15) is 0 Å². The summed E-state index contributed by atoms with van der Waals surface area (Å²) in [5, 5.41) is 0. The maximum atomic E-state index is 11.3. The second-order valence-electron chi connectivity index (χ2n) is 2.68. The van der Waals surface area contributed by atoms with Crippen molar-refractivity contribution >= 4 is 9.84 Å². The van der Waals surface area contributed by atoms with Crippen LogP contribution in [-0.2, 0) is 16.3 Å². The van der Waals surface area contributed by atoms with Gasteiger partial charge < -0.3 is 0 Å². The highest BCUT2D eigenvalue weighted by molar-refractivity contribution is 7.91. The van der Waals surface area contributed by atoms with Crippen molar-refractivity contribution in [2.45, 2.75) is 25.2 Å². The van der Waals surface area contributed by atoms with Crippen LogP contribution < -0.4 is 0 Å². The van der Waals surface area contributed by atoms with E-state index in [1.54, 1.807) is 12.1 Å². The van der Waals surface area contributed by atoms with Gasteiger partial charge in [0.1, 0.15) is 0 Å². The minimum absolute atomic E-state index is 0.284. The van der Waals surface area contributed by atoms with Crippen molar-refractivity contribution in [3.63, 3.8) is 0 Å². The van der Waals surface area contributed by atoms with E-state index >= 15 is 0 Å². The Morgan fingerprint density at radius 3 is 2.38 bits per heavy atom. The average Bonchev–Trinajstić information content (AvgIpc) is 2.47. The summed E-state index contributed by atoms with van der Waals surface area (Å²) >= 11 is 0. The summed E-state index contributed by atoms with van der Waals surface area (Å²) in [6, 6.07) is 7.19.